The van der Waals surface area contributed by atoms with Crippen LogP contribution in [0.5, 0.6) is 0 Å². The van der Waals surface area contributed by atoms with Crippen molar-refractivity contribution >= 4 is 65.4 Å². The van der Waals surface area contributed by atoms with Crippen LogP contribution in [0.25, 0.3) is 110 Å². The molecule has 49 heavy (non-hydrogen) atoms. The molecule has 4 aromatic heterocycles. The normalized spacial score (nSPS) is 12.1. The second-order valence-electron chi connectivity index (χ2n) is 12.8. The Labute approximate surface area is 280 Å². The van der Waals surface area contributed by atoms with Crippen LogP contribution in [0.4, 0.5) is 0 Å². The molecule has 11 rings (SSSR count). The van der Waals surface area contributed by atoms with Crippen molar-refractivity contribution in [3.05, 3.63) is 146 Å². The van der Waals surface area contributed by atoms with Gasteiger partial charge in [0, 0.05) is 76.6 Å². The maximum Gasteiger partial charge on any atom is 0.0737 e. The topological polar surface area (TPSA) is 73.2 Å². The number of aromatic nitrogens is 5. The summed E-state index contributed by atoms with van der Waals surface area (Å²) in [5.41, 5.74) is 14.4. The van der Waals surface area contributed by atoms with Crippen LogP contribution < -0.4 is 0 Å². The van der Waals surface area contributed by atoms with Gasteiger partial charge in [0.15, 0.2) is 0 Å². The Kier molecular flexibility index (Phi) is 5.32. The highest BCUT2D eigenvalue weighted by atomic mass is 14.8. The van der Waals surface area contributed by atoms with E-state index in [1.54, 1.807) is 0 Å². The second-order valence-corrected chi connectivity index (χ2v) is 12.8. The van der Waals surface area contributed by atoms with Crippen LogP contribution in [-0.2, 0) is 0 Å². The predicted octanol–water partition coefficient (Wildman–Crippen LogP) is 11.5. The van der Waals surface area contributed by atoms with Gasteiger partial charge in [-0.3, -0.25) is 0 Å². The summed E-state index contributed by atoms with van der Waals surface area (Å²) in [6.07, 6.45) is 0. The lowest BCUT2D eigenvalue weighted by Gasteiger charge is -1.97. The highest BCUT2D eigenvalue weighted by Gasteiger charge is 2.19. The van der Waals surface area contributed by atoms with Gasteiger partial charge in [-0.2, -0.15) is 0 Å². The first kappa shape index (κ1) is 26.4. The average Bonchev–Trinajstić information content (AvgIpc) is 3.95. The summed E-state index contributed by atoms with van der Waals surface area (Å²) in [5.74, 6) is 0. The number of nitrogens with one attached hydrogen (secondary N) is 3. The molecule has 2 aliphatic heterocycles. The zero-order valence-corrected chi connectivity index (χ0v) is 26.3. The Morgan fingerprint density at radius 2 is 0.551 bits per heavy atom. The van der Waals surface area contributed by atoms with Gasteiger partial charge >= 0.3 is 0 Å². The molecule has 0 fully saturated rings. The Balaban J connectivity index is 1.38. The number of aromatic amines is 3. The van der Waals surface area contributed by atoms with Gasteiger partial charge in [0.2, 0.25) is 0 Å². The number of hydrogen-bond donors (Lipinski definition) is 3. The smallest absolute Gasteiger partial charge is 0.0737 e. The largest absolute Gasteiger partial charge is 0.354 e. The van der Waals surface area contributed by atoms with Crippen molar-refractivity contribution < 1.29 is 0 Å². The number of fused-ring (bicyclic) bond motifs is 26. The molecule has 5 aromatic carbocycles. The summed E-state index contributed by atoms with van der Waals surface area (Å²) in [5, 5.41) is 6.91. The van der Waals surface area contributed by atoms with Gasteiger partial charge in [0.25, 0.3) is 0 Å². The Morgan fingerprint density at radius 1 is 0.286 bits per heavy atom. The SMILES string of the molecule is c1ccc2c(c1)-c1cc3[nH]c(cc4nc(cc5[nH]c(c6ccccc56)c5[nH]c(cc-2n1)c1ccccc15)-c1ccccc1-4)c1ccccc31. The molecule has 0 unspecified atom stereocenters. The maximum atomic E-state index is 5.28. The van der Waals surface area contributed by atoms with Crippen molar-refractivity contribution in [1.82, 2.24) is 24.9 Å². The first-order valence-electron chi connectivity index (χ1n) is 16.6. The lowest BCUT2D eigenvalue weighted by atomic mass is 10.0. The van der Waals surface area contributed by atoms with E-state index >= 15 is 0 Å². The predicted molar refractivity (Wildman–Crippen MR) is 203 cm³/mol. The Hall–Kier alpha value is -6.72. The quantitative estimate of drug-likeness (QED) is 0.157. The van der Waals surface area contributed by atoms with E-state index in [1.807, 2.05) is 0 Å². The molecule has 0 radical (unpaired) electrons. The van der Waals surface area contributed by atoms with E-state index in [1.165, 1.54) is 0 Å². The molecule has 5 heteroatoms. The van der Waals surface area contributed by atoms with Gasteiger partial charge in [-0.05, 0) is 24.3 Å². The maximum absolute atomic E-state index is 5.28. The van der Waals surface area contributed by atoms with Crippen molar-refractivity contribution in [2.45, 2.75) is 0 Å². The standard InChI is InChI=1S/C44H27N5/c1-2-12-26-25(11-1)35-21-37-27-13-3-5-15-29(27)39(46-37)23-41-31-17-7-9-19-33(31)43(48-41)44-34-20-10-8-18-32(34)42(49-44)24-40-30-16-6-4-14-28(30)38(47-40)22-36(26)45-35/h1-24,45,48-49H. The molecule has 228 valence electrons. The van der Waals surface area contributed by atoms with Gasteiger partial charge in [0.05, 0.1) is 33.8 Å². The molecular weight excluding hydrogens is 599 g/mol. The number of rotatable bonds is 0. The Bertz CT molecular complexity index is 2860. The molecule has 3 N–H and O–H groups in total. The van der Waals surface area contributed by atoms with E-state index in [0.717, 1.165) is 110 Å². The van der Waals surface area contributed by atoms with E-state index in [2.05, 4.69) is 161 Å². The van der Waals surface area contributed by atoms with Crippen molar-refractivity contribution in [3.8, 4) is 45.0 Å². The van der Waals surface area contributed by atoms with Crippen LogP contribution in [0, 0.1) is 0 Å². The third-order valence-electron chi connectivity index (χ3n) is 10.1. The van der Waals surface area contributed by atoms with E-state index in [0.29, 0.717) is 0 Å². The zero-order valence-electron chi connectivity index (χ0n) is 26.3. The van der Waals surface area contributed by atoms with E-state index < -0.39 is 0 Å². The summed E-state index contributed by atoms with van der Waals surface area (Å²) in [6, 6.07) is 51.5. The minimum absolute atomic E-state index is 0.934. The zero-order chi connectivity index (χ0) is 32.1. The van der Waals surface area contributed by atoms with Crippen LogP contribution in [0.1, 0.15) is 0 Å². The molecule has 0 spiro atoms. The molecule has 0 aliphatic carbocycles. The highest BCUT2D eigenvalue weighted by molar-refractivity contribution is 6.20. The summed E-state index contributed by atoms with van der Waals surface area (Å²) in [7, 11) is 0. The van der Waals surface area contributed by atoms with Crippen LogP contribution in [-0.4, -0.2) is 24.9 Å². The van der Waals surface area contributed by atoms with E-state index in [4.69, 9.17) is 9.97 Å². The van der Waals surface area contributed by atoms with Crippen LogP contribution in [0.2, 0.25) is 0 Å². The minimum Gasteiger partial charge on any atom is -0.354 e. The fraction of sp³-hybridized carbons (Fsp3) is 0. The molecule has 10 bridgehead atoms. The number of hydrogen-bond acceptors (Lipinski definition) is 2. The highest BCUT2D eigenvalue weighted by Crippen LogP contribution is 2.40. The lowest BCUT2D eigenvalue weighted by molar-refractivity contribution is 1.41. The molecule has 0 amide bonds. The number of benzene rings is 5. The Morgan fingerprint density at radius 3 is 0.898 bits per heavy atom. The number of nitrogens with zero attached hydrogens (tertiary/aromatic N) is 2. The minimum atomic E-state index is 0.934. The molecule has 2 aliphatic rings. The van der Waals surface area contributed by atoms with Crippen molar-refractivity contribution in [2.75, 3.05) is 0 Å². The van der Waals surface area contributed by atoms with E-state index in [9.17, 15) is 0 Å². The average molecular weight is 626 g/mol. The molecule has 0 saturated carbocycles. The molecule has 0 atom stereocenters. The van der Waals surface area contributed by atoms with Gasteiger partial charge < -0.3 is 15.0 Å². The summed E-state index contributed by atoms with van der Waals surface area (Å²) >= 11 is 0. The molecule has 9 aromatic rings. The van der Waals surface area contributed by atoms with Crippen molar-refractivity contribution in [2.24, 2.45) is 0 Å². The third kappa shape index (κ3) is 3.87. The first-order chi connectivity index (χ1) is 24.3. The summed E-state index contributed by atoms with van der Waals surface area (Å²) in [4.78, 5) is 22.0. The van der Waals surface area contributed by atoms with Gasteiger partial charge in [0.1, 0.15) is 0 Å². The third-order valence-corrected chi connectivity index (χ3v) is 10.1. The van der Waals surface area contributed by atoms with Gasteiger partial charge in [-0.1, -0.05) is 121 Å². The van der Waals surface area contributed by atoms with Crippen LogP contribution in [0.15, 0.2) is 146 Å². The fourth-order valence-corrected chi connectivity index (χ4v) is 7.84. The van der Waals surface area contributed by atoms with Gasteiger partial charge in [-0.25, -0.2) is 9.97 Å². The summed E-state index contributed by atoms with van der Waals surface area (Å²) < 4.78 is 0. The molecule has 6 heterocycles. The molecule has 5 nitrogen and oxygen atoms in total. The lowest BCUT2D eigenvalue weighted by Crippen LogP contribution is -1.75. The van der Waals surface area contributed by atoms with Crippen molar-refractivity contribution in [1.29, 1.82) is 0 Å². The molecule has 0 saturated heterocycles. The molecular formula is C44H27N5. The van der Waals surface area contributed by atoms with Crippen LogP contribution >= 0.6 is 0 Å². The monoisotopic (exact) mass is 625 g/mol. The first-order valence-corrected chi connectivity index (χ1v) is 16.6. The van der Waals surface area contributed by atoms with E-state index in [-0.39, 0.29) is 0 Å². The fourth-order valence-electron chi connectivity index (χ4n) is 7.84. The van der Waals surface area contributed by atoms with Gasteiger partial charge in [-0.15, -0.1) is 0 Å². The summed E-state index contributed by atoms with van der Waals surface area (Å²) in [6.45, 7) is 0. The second kappa shape index (κ2) is 9.89. The number of H-pyrrole nitrogens is 3. The van der Waals surface area contributed by atoms with Crippen molar-refractivity contribution in [3.63, 3.8) is 0 Å². The van der Waals surface area contributed by atoms with Crippen LogP contribution in [0.3, 0.4) is 0 Å².